The highest BCUT2D eigenvalue weighted by Gasteiger charge is 2.74. The lowest BCUT2D eigenvalue weighted by Crippen LogP contribution is -2.72. The van der Waals surface area contributed by atoms with E-state index in [4.69, 9.17) is 56.8 Å². The number of aliphatic hydroxyl groups excluding tert-OH is 18. The van der Waals surface area contributed by atoms with Gasteiger partial charge in [0.1, 0.15) is 110 Å². The molecule has 6 aliphatic heterocycles. The zero-order chi connectivity index (χ0) is 68.6. The van der Waals surface area contributed by atoms with Gasteiger partial charge < -0.3 is 149 Å². The van der Waals surface area contributed by atoms with Crippen LogP contribution in [0.1, 0.15) is 107 Å². The standard InChI is InChI=1S/C63H102O31/c1-23-34(70)38(74)42(78)53(86-23)91-47-32(89-51-41(77)35(71)29(68)19-83-51)21-85-52(45(47)81)90-46-24(2)87-54(44(80)40(46)76)92-48-36(72)30(69)20-84-56(48)94-57(82)63-13-11-58(3,4)15-26(63)25-9-10-33-59(5)16-28(67)50(93-55-43(79)39(75)37(73)31(18-64)88-55)60(6,22-65)49(59)27(66)17-62(33,8)61(25,7)12-14-63/h9,23-24,26-56,64-81H,10-22H2,1-8H3/t23-,24-,26-,27+,28-,29+,30+,31+,32+,33+,34-,35-,36+,37+,38+,39-,40-,41+,42+,43+,44+,45+,46-,47-,48-,49+,50-,51-,52-,53-,54-,55-,56-,59+,60-,61+,62+,63-/m0/s1. The van der Waals surface area contributed by atoms with Gasteiger partial charge in [0, 0.05) is 11.3 Å². The SMILES string of the molecule is C[C@@H]1O[C@@H](O[C@@H]2[C@@H](O)[C@H](O[C@@H]3[C@@H](O)[C@@H](O)[C@H](O[C@@H]4[C@H](OC(=O)[C@]56CCC(C)(C)C[C@H]5C5=CC[C@@H]7[C@@]8(C)C[C@H](O)[C@H](O[C@@H]9O[C@H](CO)[C@@H](O)[C@H](O)[C@H]9O)[C@@](C)(CO)[C@@H]8[C@H](O)C[C@@]7(C)[C@]5(C)CC6)OC[C@@H](O)[C@H]4O)O[C@H]3C)OC[C@H]2O[C@@H]2OC[C@@H](O)[C@H](O)[C@H]2O)[C@H](O)[C@H](O)[C@H]1O. The van der Waals surface area contributed by atoms with Crippen molar-refractivity contribution in [3.63, 3.8) is 0 Å². The average molecular weight is 1360 g/mol. The third kappa shape index (κ3) is 12.3. The van der Waals surface area contributed by atoms with Crippen LogP contribution in [-0.4, -0.2) is 315 Å². The number of carbonyl (C=O) groups excluding carboxylic acids is 1. The lowest BCUT2D eigenvalue weighted by molar-refractivity contribution is -0.386. The van der Waals surface area contributed by atoms with Gasteiger partial charge in [-0.2, -0.15) is 0 Å². The van der Waals surface area contributed by atoms with Crippen molar-refractivity contribution in [3.8, 4) is 0 Å². The van der Waals surface area contributed by atoms with Gasteiger partial charge >= 0.3 is 5.97 Å². The van der Waals surface area contributed by atoms with E-state index in [1.165, 1.54) is 13.8 Å². The van der Waals surface area contributed by atoms with E-state index in [1.807, 2.05) is 6.92 Å². The molecule has 38 atom stereocenters. The molecule has 10 fully saturated rings. The maximum atomic E-state index is 15.5. The summed E-state index contributed by atoms with van der Waals surface area (Å²) in [5.41, 5.74) is -4.02. The zero-order valence-corrected chi connectivity index (χ0v) is 54.2. The van der Waals surface area contributed by atoms with Crippen molar-refractivity contribution >= 4 is 5.97 Å². The van der Waals surface area contributed by atoms with Crippen molar-refractivity contribution in [1.29, 1.82) is 0 Å². The van der Waals surface area contributed by atoms with Crippen LogP contribution in [0.4, 0.5) is 0 Å². The second-order valence-corrected chi connectivity index (χ2v) is 30.7. The Bertz CT molecular complexity index is 2660. The quantitative estimate of drug-likeness (QED) is 0.0438. The smallest absolute Gasteiger partial charge is 0.315 e. The first kappa shape index (κ1) is 73.3. The molecule has 6 heterocycles. The normalized spacial score (nSPS) is 56.1. The second-order valence-electron chi connectivity index (χ2n) is 30.7. The molecule has 0 aromatic carbocycles. The summed E-state index contributed by atoms with van der Waals surface area (Å²) >= 11 is 0. The molecule has 0 radical (unpaired) electrons. The molecule has 540 valence electrons. The van der Waals surface area contributed by atoms with Crippen molar-refractivity contribution in [2.45, 2.75) is 291 Å². The maximum absolute atomic E-state index is 15.5. The molecule has 31 nitrogen and oxygen atoms in total. The minimum absolute atomic E-state index is 0.0866. The van der Waals surface area contributed by atoms with Crippen molar-refractivity contribution in [3.05, 3.63) is 11.6 Å². The summed E-state index contributed by atoms with van der Waals surface area (Å²) in [6.45, 7) is 12.3. The van der Waals surface area contributed by atoms with Gasteiger partial charge in [0.05, 0.1) is 69.0 Å². The summed E-state index contributed by atoms with van der Waals surface area (Å²) in [6.07, 6.45) is -43.4. The largest absolute Gasteiger partial charge is 0.432 e. The Balaban J connectivity index is 0.794. The number of ether oxygens (including phenoxy) is 12. The van der Waals surface area contributed by atoms with Crippen molar-refractivity contribution < 1.29 is 154 Å². The Kier molecular flexibility index (Phi) is 21.1. The number of esters is 1. The van der Waals surface area contributed by atoms with Gasteiger partial charge in [-0.25, -0.2) is 0 Å². The predicted octanol–water partition coefficient (Wildman–Crippen LogP) is -5.50. The van der Waals surface area contributed by atoms with Gasteiger partial charge in [-0.15, -0.1) is 0 Å². The molecule has 0 amide bonds. The lowest BCUT2D eigenvalue weighted by atomic mass is 9.33. The average Bonchev–Trinajstić information content (AvgIpc) is 0.669. The number of carbonyl (C=O) groups is 1. The molecule has 0 aromatic heterocycles. The van der Waals surface area contributed by atoms with Crippen molar-refractivity contribution in [1.82, 2.24) is 0 Å². The van der Waals surface area contributed by atoms with Gasteiger partial charge in [-0.1, -0.05) is 53.2 Å². The molecule has 11 rings (SSSR count). The molecule has 0 spiro atoms. The molecule has 4 saturated carbocycles. The molecule has 0 unspecified atom stereocenters. The first-order chi connectivity index (χ1) is 44.0. The van der Waals surface area contributed by atoms with E-state index in [2.05, 4.69) is 33.8 Å². The van der Waals surface area contributed by atoms with Crippen LogP contribution in [0.25, 0.3) is 0 Å². The van der Waals surface area contributed by atoms with Gasteiger partial charge in [-0.3, -0.25) is 4.79 Å². The van der Waals surface area contributed by atoms with Gasteiger partial charge in [0.2, 0.25) is 6.29 Å². The van der Waals surface area contributed by atoms with E-state index in [-0.39, 0.29) is 24.2 Å². The zero-order valence-electron chi connectivity index (χ0n) is 54.2. The van der Waals surface area contributed by atoms with E-state index < -0.39 is 262 Å². The minimum atomic E-state index is -2.03. The number of aliphatic hydroxyl groups is 18. The van der Waals surface area contributed by atoms with E-state index in [9.17, 15) is 91.9 Å². The molecule has 11 aliphatic rings. The number of hydrogen-bond acceptors (Lipinski definition) is 31. The fourth-order valence-corrected chi connectivity index (χ4v) is 18.8. The van der Waals surface area contributed by atoms with Crippen LogP contribution in [0, 0.1) is 50.2 Å². The summed E-state index contributed by atoms with van der Waals surface area (Å²) in [7, 11) is 0. The molecule has 94 heavy (non-hydrogen) atoms. The van der Waals surface area contributed by atoms with Crippen LogP contribution >= 0.6 is 0 Å². The highest BCUT2D eigenvalue weighted by Crippen LogP contribution is 2.76. The van der Waals surface area contributed by atoms with Gasteiger partial charge in [0.15, 0.2) is 37.6 Å². The highest BCUT2D eigenvalue weighted by molar-refractivity contribution is 5.79. The summed E-state index contributed by atoms with van der Waals surface area (Å²) in [4.78, 5) is 15.5. The van der Waals surface area contributed by atoms with E-state index >= 15 is 4.79 Å². The first-order valence-electron chi connectivity index (χ1n) is 33.1. The van der Waals surface area contributed by atoms with Gasteiger partial charge in [0.25, 0.3) is 0 Å². The summed E-state index contributed by atoms with van der Waals surface area (Å²) in [6, 6.07) is 0. The van der Waals surface area contributed by atoms with Crippen molar-refractivity contribution in [2.24, 2.45) is 50.2 Å². The predicted molar refractivity (Wildman–Crippen MR) is 311 cm³/mol. The fourth-order valence-electron chi connectivity index (χ4n) is 18.8. The fraction of sp³-hybridized carbons (Fsp3) is 0.952. The topological polar surface area (TPSA) is 492 Å². The molecule has 31 heteroatoms. The molecule has 6 saturated heterocycles. The third-order valence-corrected chi connectivity index (χ3v) is 24.4. The molecule has 18 N–H and O–H groups in total. The molecule has 0 aromatic rings. The van der Waals surface area contributed by atoms with Crippen LogP contribution in [0.5, 0.6) is 0 Å². The van der Waals surface area contributed by atoms with Crippen LogP contribution in [0.2, 0.25) is 0 Å². The molecule has 5 aliphatic carbocycles. The van der Waals surface area contributed by atoms with Crippen LogP contribution < -0.4 is 0 Å². The number of fused-ring (bicyclic) bond motifs is 7. The summed E-state index contributed by atoms with van der Waals surface area (Å²) < 4.78 is 71.5. The first-order valence-corrected chi connectivity index (χ1v) is 33.1. The molecular formula is C63H102O31. The van der Waals surface area contributed by atoms with E-state index in [0.717, 1.165) is 5.57 Å². The number of rotatable bonds is 14. The Morgan fingerprint density at radius 1 is 0.500 bits per heavy atom. The molecule has 0 bridgehead atoms. The van der Waals surface area contributed by atoms with Gasteiger partial charge in [-0.05, 0) is 98.7 Å². The van der Waals surface area contributed by atoms with Crippen molar-refractivity contribution in [2.75, 3.05) is 33.0 Å². The Morgan fingerprint density at radius 2 is 1.05 bits per heavy atom. The lowest BCUT2D eigenvalue weighted by Gasteiger charge is -2.72. The monoisotopic (exact) mass is 1350 g/mol. The Hall–Kier alpha value is -1.95. The van der Waals surface area contributed by atoms with E-state index in [0.29, 0.717) is 38.5 Å². The van der Waals surface area contributed by atoms with E-state index in [1.54, 1.807) is 6.92 Å². The van der Waals surface area contributed by atoms with Crippen LogP contribution in [-0.2, 0) is 61.6 Å². The van der Waals surface area contributed by atoms with Crippen LogP contribution in [0.15, 0.2) is 11.6 Å². The summed E-state index contributed by atoms with van der Waals surface area (Å²) in [5.74, 6) is -2.01. The second kappa shape index (κ2) is 27.1. The highest BCUT2D eigenvalue weighted by atomic mass is 16.8. The number of hydrogen-bond donors (Lipinski definition) is 18. The summed E-state index contributed by atoms with van der Waals surface area (Å²) in [5, 5.41) is 199. The Labute approximate surface area is 543 Å². The van der Waals surface area contributed by atoms with Crippen LogP contribution in [0.3, 0.4) is 0 Å². The third-order valence-electron chi connectivity index (χ3n) is 24.4. The Morgan fingerprint density at radius 3 is 1.71 bits per heavy atom. The maximum Gasteiger partial charge on any atom is 0.315 e. The number of allylic oxidation sites excluding steroid dienone is 2. The minimum Gasteiger partial charge on any atom is -0.432 e. The molecular weight excluding hydrogens is 1250 g/mol.